The van der Waals surface area contributed by atoms with E-state index in [9.17, 15) is 0 Å². The predicted octanol–water partition coefficient (Wildman–Crippen LogP) is 3.97. The lowest BCUT2D eigenvalue weighted by Gasteiger charge is -2.11. The minimum atomic E-state index is 0.0901. The van der Waals surface area contributed by atoms with Crippen LogP contribution >= 0.6 is 0 Å². The highest BCUT2D eigenvalue weighted by atomic mass is 16.3. The number of hydrogen-bond acceptors (Lipinski definition) is 2. The molecule has 2 heteroatoms. The summed E-state index contributed by atoms with van der Waals surface area (Å²) in [7, 11) is 4.07. The highest BCUT2D eigenvalue weighted by Gasteiger charge is 1.93. The van der Waals surface area contributed by atoms with Crippen molar-refractivity contribution in [2.24, 2.45) is 0 Å². The van der Waals surface area contributed by atoms with Crippen LogP contribution in [0.1, 0.15) is 16.7 Å². The molecule has 0 aliphatic carbocycles. The van der Waals surface area contributed by atoms with Gasteiger partial charge in [-0.05, 0) is 28.8 Å². The highest BCUT2D eigenvalue weighted by Crippen LogP contribution is 2.13. The summed E-state index contributed by atoms with van der Waals surface area (Å²) in [4.78, 5) is 2.09. The number of rotatable bonds is 5. The largest absolute Gasteiger partial charge is 0.392 e. The first-order valence-electron chi connectivity index (χ1n) is 7.01. The molecule has 0 amide bonds. The van der Waals surface area contributed by atoms with E-state index in [-0.39, 0.29) is 6.61 Å². The number of nitrogens with zero attached hydrogens (tertiary/aromatic N) is 1. The smallest absolute Gasteiger partial charge is 0.0681 e. The second kappa shape index (κ2) is 7.46. The van der Waals surface area contributed by atoms with Crippen LogP contribution in [-0.4, -0.2) is 19.2 Å². The summed E-state index contributed by atoms with van der Waals surface area (Å²) in [6, 6.07) is 16.3. The van der Waals surface area contributed by atoms with E-state index in [0.717, 1.165) is 11.1 Å². The zero-order chi connectivity index (χ0) is 15.1. The summed E-state index contributed by atoms with van der Waals surface area (Å²) < 4.78 is 0. The summed E-state index contributed by atoms with van der Waals surface area (Å²) in [5.41, 5.74) is 4.44. The van der Waals surface area contributed by atoms with Crippen molar-refractivity contribution in [3.8, 4) is 0 Å². The molecule has 0 aromatic heterocycles. The van der Waals surface area contributed by atoms with Crippen LogP contribution in [0.15, 0.2) is 60.7 Å². The van der Waals surface area contributed by atoms with Crippen molar-refractivity contribution in [3.05, 3.63) is 77.4 Å². The fourth-order valence-electron chi connectivity index (χ4n) is 1.95. The lowest BCUT2D eigenvalue weighted by atomic mass is 10.1. The molecule has 0 heterocycles. The van der Waals surface area contributed by atoms with Crippen LogP contribution in [0.25, 0.3) is 12.2 Å². The summed E-state index contributed by atoms with van der Waals surface area (Å²) in [6.07, 6.45) is 8.18. The Morgan fingerprint density at radius 3 is 1.71 bits per heavy atom. The molecule has 0 bridgehead atoms. The Morgan fingerprint density at radius 2 is 1.29 bits per heavy atom. The molecule has 0 radical (unpaired) electrons. The van der Waals surface area contributed by atoms with Crippen molar-refractivity contribution in [1.29, 1.82) is 0 Å². The third-order valence-electron chi connectivity index (χ3n) is 3.26. The minimum absolute atomic E-state index is 0.0901. The van der Waals surface area contributed by atoms with Crippen LogP contribution in [0.4, 0.5) is 5.69 Å². The van der Waals surface area contributed by atoms with Gasteiger partial charge in [-0.15, -0.1) is 0 Å². The first-order chi connectivity index (χ1) is 10.2. The molecular formula is C19H21NO. The fourth-order valence-corrected chi connectivity index (χ4v) is 1.95. The number of allylic oxidation sites excluding steroid dienone is 2. The molecule has 2 aromatic carbocycles. The molecule has 21 heavy (non-hydrogen) atoms. The van der Waals surface area contributed by atoms with Crippen LogP contribution in [-0.2, 0) is 6.61 Å². The maximum Gasteiger partial charge on any atom is 0.0681 e. The SMILES string of the molecule is CN(C)c1ccc(/C=C/C=C/c2ccc(CO)cc2)cc1. The Bertz CT molecular complexity index is 607. The van der Waals surface area contributed by atoms with Gasteiger partial charge in [-0.1, -0.05) is 60.7 Å². The zero-order valence-electron chi connectivity index (χ0n) is 12.5. The van der Waals surface area contributed by atoms with Crippen molar-refractivity contribution in [1.82, 2.24) is 0 Å². The number of hydrogen-bond donors (Lipinski definition) is 1. The second-order valence-electron chi connectivity index (χ2n) is 5.10. The van der Waals surface area contributed by atoms with Gasteiger partial charge in [-0.2, -0.15) is 0 Å². The molecule has 0 unspecified atom stereocenters. The zero-order valence-corrected chi connectivity index (χ0v) is 12.5. The van der Waals surface area contributed by atoms with E-state index in [1.165, 1.54) is 11.3 Å². The Hall–Kier alpha value is -2.32. The van der Waals surface area contributed by atoms with Gasteiger partial charge in [0.15, 0.2) is 0 Å². The van der Waals surface area contributed by atoms with Gasteiger partial charge < -0.3 is 10.0 Å². The van der Waals surface area contributed by atoms with Crippen molar-refractivity contribution < 1.29 is 5.11 Å². The number of anilines is 1. The Morgan fingerprint density at radius 1 is 0.810 bits per heavy atom. The van der Waals surface area contributed by atoms with Crippen molar-refractivity contribution in [2.75, 3.05) is 19.0 Å². The van der Waals surface area contributed by atoms with Gasteiger partial charge in [0.1, 0.15) is 0 Å². The normalized spacial score (nSPS) is 11.4. The molecule has 108 valence electrons. The Balaban J connectivity index is 1.96. The lowest BCUT2D eigenvalue weighted by Crippen LogP contribution is -2.07. The Kier molecular flexibility index (Phi) is 5.35. The molecule has 0 atom stereocenters. The van der Waals surface area contributed by atoms with Crippen LogP contribution in [0.5, 0.6) is 0 Å². The van der Waals surface area contributed by atoms with E-state index in [2.05, 4.69) is 35.2 Å². The molecule has 1 N–H and O–H groups in total. The monoisotopic (exact) mass is 279 g/mol. The van der Waals surface area contributed by atoms with E-state index in [4.69, 9.17) is 5.11 Å². The molecule has 2 aromatic rings. The van der Waals surface area contributed by atoms with Crippen LogP contribution in [0, 0.1) is 0 Å². The number of aliphatic hydroxyl groups excluding tert-OH is 1. The molecule has 0 saturated heterocycles. The molecule has 0 spiro atoms. The Labute approximate surface area is 126 Å². The van der Waals surface area contributed by atoms with Crippen LogP contribution in [0.2, 0.25) is 0 Å². The maximum absolute atomic E-state index is 8.99. The quantitative estimate of drug-likeness (QED) is 0.837. The molecule has 0 fully saturated rings. The molecule has 0 saturated carbocycles. The van der Waals surface area contributed by atoms with E-state index >= 15 is 0 Å². The maximum atomic E-state index is 8.99. The van der Waals surface area contributed by atoms with Gasteiger partial charge in [0.2, 0.25) is 0 Å². The van der Waals surface area contributed by atoms with Gasteiger partial charge in [-0.3, -0.25) is 0 Å². The van der Waals surface area contributed by atoms with Crippen molar-refractivity contribution in [2.45, 2.75) is 6.61 Å². The van der Waals surface area contributed by atoms with E-state index < -0.39 is 0 Å². The topological polar surface area (TPSA) is 23.5 Å². The van der Waals surface area contributed by atoms with E-state index in [0.29, 0.717) is 0 Å². The molecular weight excluding hydrogens is 258 g/mol. The lowest BCUT2D eigenvalue weighted by molar-refractivity contribution is 0.282. The van der Waals surface area contributed by atoms with Crippen molar-refractivity contribution >= 4 is 17.8 Å². The van der Waals surface area contributed by atoms with Crippen molar-refractivity contribution in [3.63, 3.8) is 0 Å². The van der Waals surface area contributed by atoms with Gasteiger partial charge in [0.25, 0.3) is 0 Å². The van der Waals surface area contributed by atoms with Gasteiger partial charge in [-0.25, -0.2) is 0 Å². The fraction of sp³-hybridized carbons (Fsp3) is 0.158. The second-order valence-corrected chi connectivity index (χ2v) is 5.10. The minimum Gasteiger partial charge on any atom is -0.392 e. The standard InChI is InChI=1S/C19H21NO/c1-20(2)19-13-11-17(12-14-19)6-4-3-5-16-7-9-18(15-21)10-8-16/h3-14,21H,15H2,1-2H3/b5-3+,6-4+. The number of aliphatic hydroxyl groups is 1. The van der Waals surface area contributed by atoms with Crippen LogP contribution < -0.4 is 4.90 Å². The van der Waals surface area contributed by atoms with E-state index in [1.807, 2.05) is 56.6 Å². The summed E-state index contributed by atoms with van der Waals surface area (Å²) >= 11 is 0. The average molecular weight is 279 g/mol. The molecule has 0 aliphatic rings. The molecule has 2 rings (SSSR count). The molecule has 0 aliphatic heterocycles. The average Bonchev–Trinajstić information content (AvgIpc) is 2.52. The van der Waals surface area contributed by atoms with Gasteiger partial charge >= 0.3 is 0 Å². The van der Waals surface area contributed by atoms with Gasteiger partial charge in [0.05, 0.1) is 6.61 Å². The summed E-state index contributed by atoms with van der Waals surface area (Å²) in [5, 5.41) is 8.99. The summed E-state index contributed by atoms with van der Waals surface area (Å²) in [6.45, 7) is 0.0901. The summed E-state index contributed by atoms with van der Waals surface area (Å²) in [5.74, 6) is 0. The molecule has 2 nitrogen and oxygen atoms in total. The first-order valence-corrected chi connectivity index (χ1v) is 7.01. The van der Waals surface area contributed by atoms with Gasteiger partial charge in [0, 0.05) is 19.8 Å². The first kappa shape index (κ1) is 15.1. The third kappa shape index (κ3) is 4.62. The highest BCUT2D eigenvalue weighted by molar-refractivity contribution is 5.59. The van der Waals surface area contributed by atoms with E-state index in [1.54, 1.807) is 0 Å². The van der Waals surface area contributed by atoms with Crippen LogP contribution in [0.3, 0.4) is 0 Å². The number of benzene rings is 2. The predicted molar refractivity (Wildman–Crippen MR) is 91.2 cm³/mol. The third-order valence-corrected chi connectivity index (χ3v) is 3.26.